The molecule has 0 saturated carbocycles. The molecule has 1 unspecified atom stereocenters. The lowest BCUT2D eigenvalue weighted by molar-refractivity contribution is 0.153. The molecule has 0 amide bonds. The van der Waals surface area contributed by atoms with E-state index in [1.807, 2.05) is 0 Å². The maximum Gasteiger partial charge on any atom is 0.154 e. The fraction of sp³-hybridized carbons (Fsp3) is 0.800. The van der Waals surface area contributed by atoms with Gasteiger partial charge < -0.3 is 5.11 Å². The number of hydrogen-bond donors (Lipinski definition) is 1. The van der Waals surface area contributed by atoms with Crippen LogP contribution in [-0.2, 0) is 7.05 Å². The third-order valence-corrected chi connectivity index (χ3v) is 3.04. The molecule has 0 aromatic carbocycles. The lowest BCUT2D eigenvalue weighted by atomic mass is 10.1. The van der Waals surface area contributed by atoms with Gasteiger partial charge in [-0.15, -0.1) is 5.10 Å². The summed E-state index contributed by atoms with van der Waals surface area (Å²) in [7, 11) is 1.79. The first kappa shape index (κ1) is 12.6. The molecule has 0 saturated heterocycles. The predicted octanol–water partition coefficient (Wildman–Crippen LogP) is 2.58. The van der Waals surface area contributed by atoms with Crippen LogP contribution in [0.15, 0.2) is 4.60 Å². The van der Waals surface area contributed by atoms with Crippen molar-refractivity contribution in [3.8, 4) is 0 Å². The first-order valence-electron chi connectivity index (χ1n) is 5.40. The van der Waals surface area contributed by atoms with Crippen LogP contribution in [-0.4, -0.2) is 20.1 Å². The number of aromatic nitrogens is 3. The molecule has 15 heavy (non-hydrogen) atoms. The SMILES string of the molecule is CCCCCCC(O)c1c(Br)nnn1C. The van der Waals surface area contributed by atoms with Gasteiger partial charge in [0.2, 0.25) is 0 Å². The van der Waals surface area contributed by atoms with Crippen LogP contribution < -0.4 is 0 Å². The molecule has 0 aliphatic heterocycles. The summed E-state index contributed by atoms with van der Waals surface area (Å²) < 4.78 is 2.27. The highest BCUT2D eigenvalue weighted by Gasteiger charge is 2.16. The van der Waals surface area contributed by atoms with Crippen LogP contribution in [0.4, 0.5) is 0 Å². The number of rotatable bonds is 6. The van der Waals surface area contributed by atoms with Gasteiger partial charge in [0.05, 0.1) is 6.10 Å². The van der Waals surface area contributed by atoms with E-state index in [1.165, 1.54) is 19.3 Å². The van der Waals surface area contributed by atoms with Gasteiger partial charge in [-0.25, -0.2) is 4.68 Å². The fourth-order valence-electron chi connectivity index (χ4n) is 1.59. The van der Waals surface area contributed by atoms with Crippen LogP contribution in [0.1, 0.15) is 50.8 Å². The Labute approximate surface area is 98.8 Å². The summed E-state index contributed by atoms with van der Waals surface area (Å²) >= 11 is 3.29. The van der Waals surface area contributed by atoms with Gasteiger partial charge in [-0.1, -0.05) is 37.8 Å². The van der Waals surface area contributed by atoms with Crippen molar-refractivity contribution in [2.24, 2.45) is 7.05 Å². The summed E-state index contributed by atoms with van der Waals surface area (Å²) in [6.07, 6.45) is 4.99. The molecular weight excluding hydrogens is 258 g/mol. The molecule has 1 aromatic rings. The monoisotopic (exact) mass is 275 g/mol. The lowest BCUT2D eigenvalue weighted by Crippen LogP contribution is -2.05. The second-order valence-electron chi connectivity index (χ2n) is 3.75. The van der Waals surface area contributed by atoms with Gasteiger partial charge in [0.25, 0.3) is 0 Å². The molecular formula is C10H18BrN3O. The average Bonchev–Trinajstić information content (AvgIpc) is 2.53. The molecule has 0 bridgehead atoms. The normalized spacial score (nSPS) is 13.1. The van der Waals surface area contributed by atoms with Gasteiger partial charge in [-0.2, -0.15) is 0 Å². The quantitative estimate of drug-likeness (QED) is 0.812. The molecule has 1 atom stereocenters. The van der Waals surface area contributed by atoms with E-state index in [0.29, 0.717) is 4.60 Å². The molecule has 86 valence electrons. The fourth-order valence-corrected chi connectivity index (χ4v) is 2.19. The number of aryl methyl sites for hydroxylation is 1. The van der Waals surface area contributed by atoms with Crippen molar-refractivity contribution in [3.05, 3.63) is 10.3 Å². The Morgan fingerprint density at radius 2 is 2.13 bits per heavy atom. The van der Waals surface area contributed by atoms with E-state index in [9.17, 15) is 5.11 Å². The number of nitrogens with zero attached hydrogens (tertiary/aromatic N) is 3. The summed E-state index contributed by atoms with van der Waals surface area (Å²) in [5.74, 6) is 0. The first-order valence-corrected chi connectivity index (χ1v) is 6.19. The smallest absolute Gasteiger partial charge is 0.154 e. The Kier molecular flexibility index (Phi) is 5.25. The first-order chi connectivity index (χ1) is 7.16. The van der Waals surface area contributed by atoms with Gasteiger partial charge in [0.1, 0.15) is 5.69 Å². The Morgan fingerprint density at radius 1 is 1.40 bits per heavy atom. The predicted molar refractivity (Wildman–Crippen MR) is 62.4 cm³/mol. The third kappa shape index (κ3) is 3.57. The highest BCUT2D eigenvalue weighted by molar-refractivity contribution is 9.10. The van der Waals surface area contributed by atoms with Crippen molar-refractivity contribution < 1.29 is 5.11 Å². The van der Waals surface area contributed by atoms with Crippen molar-refractivity contribution in [1.29, 1.82) is 0 Å². The Bertz CT molecular complexity index is 281. The Morgan fingerprint density at radius 3 is 2.67 bits per heavy atom. The molecule has 0 radical (unpaired) electrons. The molecule has 4 nitrogen and oxygen atoms in total. The van der Waals surface area contributed by atoms with E-state index in [-0.39, 0.29) is 0 Å². The second kappa shape index (κ2) is 6.23. The van der Waals surface area contributed by atoms with E-state index >= 15 is 0 Å². The maximum absolute atomic E-state index is 9.94. The molecule has 0 aliphatic carbocycles. The van der Waals surface area contributed by atoms with E-state index < -0.39 is 6.10 Å². The van der Waals surface area contributed by atoms with Crippen LogP contribution >= 0.6 is 15.9 Å². The minimum Gasteiger partial charge on any atom is -0.387 e. The molecule has 1 heterocycles. The van der Waals surface area contributed by atoms with Crippen LogP contribution in [0.5, 0.6) is 0 Å². The molecule has 1 rings (SSSR count). The third-order valence-electron chi connectivity index (χ3n) is 2.47. The van der Waals surface area contributed by atoms with E-state index in [0.717, 1.165) is 18.5 Å². The Hall–Kier alpha value is -0.420. The zero-order valence-electron chi connectivity index (χ0n) is 9.28. The van der Waals surface area contributed by atoms with Crippen molar-refractivity contribution in [3.63, 3.8) is 0 Å². The van der Waals surface area contributed by atoms with E-state index in [1.54, 1.807) is 11.7 Å². The highest BCUT2D eigenvalue weighted by Crippen LogP contribution is 2.24. The number of unbranched alkanes of at least 4 members (excludes halogenated alkanes) is 3. The molecule has 1 aromatic heterocycles. The minimum absolute atomic E-state index is 0.462. The number of halogens is 1. The van der Waals surface area contributed by atoms with E-state index in [2.05, 4.69) is 33.2 Å². The molecule has 0 spiro atoms. The second-order valence-corrected chi connectivity index (χ2v) is 4.51. The number of aliphatic hydroxyl groups is 1. The maximum atomic E-state index is 9.94. The van der Waals surface area contributed by atoms with Gasteiger partial charge in [0.15, 0.2) is 4.60 Å². The van der Waals surface area contributed by atoms with Crippen molar-refractivity contribution in [2.75, 3.05) is 0 Å². The summed E-state index contributed by atoms with van der Waals surface area (Å²) in [6.45, 7) is 2.18. The molecule has 1 N–H and O–H groups in total. The van der Waals surface area contributed by atoms with Crippen LogP contribution in [0, 0.1) is 0 Å². The summed E-state index contributed by atoms with van der Waals surface area (Å²) in [4.78, 5) is 0. The molecule has 0 fully saturated rings. The van der Waals surface area contributed by atoms with Gasteiger partial charge in [0, 0.05) is 7.05 Å². The Balaban J connectivity index is 2.43. The standard InChI is InChI=1S/C10H18BrN3O/c1-3-4-5-6-7-8(15)9-10(11)12-13-14(9)2/h8,15H,3-7H2,1-2H3. The molecule has 0 aliphatic rings. The van der Waals surface area contributed by atoms with Crippen LogP contribution in [0.25, 0.3) is 0 Å². The largest absolute Gasteiger partial charge is 0.387 e. The van der Waals surface area contributed by atoms with Gasteiger partial charge in [-0.05, 0) is 22.4 Å². The zero-order valence-corrected chi connectivity index (χ0v) is 10.9. The highest BCUT2D eigenvalue weighted by atomic mass is 79.9. The van der Waals surface area contributed by atoms with E-state index in [4.69, 9.17) is 0 Å². The number of hydrogen-bond acceptors (Lipinski definition) is 3. The average molecular weight is 276 g/mol. The molecule has 5 heteroatoms. The summed E-state index contributed by atoms with van der Waals surface area (Å²) in [6, 6.07) is 0. The van der Waals surface area contributed by atoms with Gasteiger partial charge >= 0.3 is 0 Å². The van der Waals surface area contributed by atoms with Crippen molar-refractivity contribution in [1.82, 2.24) is 15.0 Å². The number of aliphatic hydroxyl groups excluding tert-OH is 1. The van der Waals surface area contributed by atoms with Gasteiger partial charge in [-0.3, -0.25) is 0 Å². The van der Waals surface area contributed by atoms with Crippen molar-refractivity contribution in [2.45, 2.75) is 45.1 Å². The zero-order chi connectivity index (χ0) is 11.3. The van der Waals surface area contributed by atoms with Crippen molar-refractivity contribution >= 4 is 15.9 Å². The minimum atomic E-state index is -0.462. The van der Waals surface area contributed by atoms with Crippen LogP contribution in [0.2, 0.25) is 0 Å². The summed E-state index contributed by atoms with van der Waals surface area (Å²) in [5.41, 5.74) is 0.770. The van der Waals surface area contributed by atoms with Crippen LogP contribution in [0.3, 0.4) is 0 Å². The topological polar surface area (TPSA) is 50.9 Å². The lowest BCUT2D eigenvalue weighted by Gasteiger charge is -2.10. The summed E-state index contributed by atoms with van der Waals surface area (Å²) in [5, 5.41) is 17.6.